The molecular formula is C11H22IN3O. The third kappa shape index (κ3) is 5.16. The quantitative estimate of drug-likeness (QED) is 0.353. The summed E-state index contributed by atoms with van der Waals surface area (Å²) in [7, 11) is 1.76. The Hall–Kier alpha value is -0.300. The van der Waals surface area contributed by atoms with E-state index in [4.69, 9.17) is 4.74 Å². The van der Waals surface area contributed by atoms with Gasteiger partial charge in [0.2, 0.25) is 0 Å². The van der Waals surface area contributed by atoms with Crippen LogP contribution >= 0.6 is 24.0 Å². The molecule has 0 amide bonds. The van der Waals surface area contributed by atoms with Gasteiger partial charge in [-0.2, -0.15) is 0 Å². The zero-order chi connectivity index (χ0) is 11.1. The van der Waals surface area contributed by atoms with Gasteiger partial charge >= 0.3 is 0 Å². The molecule has 5 heteroatoms. The van der Waals surface area contributed by atoms with Crippen molar-refractivity contribution in [3.05, 3.63) is 12.7 Å². The minimum atomic E-state index is -0.0359. The number of guanidine groups is 1. The maximum atomic E-state index is 5.67. The Morgan fingerprint density at radius 3 is 2.81 bits per heavy atom. The highest BCUT2D eigenvalue weighted by Gasteiger charge is 2.29. The monoisotopic (exact) mass is 339 g/mol. The first kappa shape index (κ1) is 15.7. The Balaban J connectivity index is 0.00000225. The summed E-state index contributed by atoms with van der Waals surface area (Å²) >= 11 is 0. The van der Waals surface area contributed by atoms with Crippen LogP contribution in [0, 0.1) is 0 Å². The van der Waals surface area contributed by atoms with E-state index in [-0.39, 0.29) is 29.6 Å². The summed E-state index contributed by atoms with van der Waals surface area (Å²) in [5.74, 6) is 0.798. The molecular weight excluding hydrogens is 317 g/mol. The molecule has 0 spiro atoms. The molecule has 4 nitrogen and oxygen atoms in total. The molecule has 1 atom stereocenters. The van der Waals surface area contributed by atoms with Gasteiger partial charge in [-0.05, 0) is 19.8 Å². The molecule has 0 aliphatic carbocycles. The second-order valence-electron chi connectivity index (χ2n) is 4.00. The van der Waals surface area contributed by atoms with Crippen molar-refractivity contribution in [2.45, 2.75) is 25.4 Å². The number of hydrogen-bond acceptors (Lipinski definition) is 2. The minimum Gasteiger partial charge on any atom is -0.373 e. The summed E-state index contributed by atoms with van der Waals surface area (Å²) in [6, 6.07) is 0. The molecule has 16 heavy (non-hydrogen) atoms. The highest BCUT2D eigenvalue weighted by atomic mass is 127. The van der Waals surface area contributed by atoms with Gasteiger partial charge in [-0.25, -0.2) is 0 Å². The average Bonchev–Trinajstić information content (AvgIpc) is 2.66. The van der Waals surface area contributed by atoms with Crippen LogP contribution in [0.5, 0.6) is 0 Å². The van der Waals surface area contributed by atoms with E-state index in [1.54, 1.807) is 13.1 Å². The van der Waals surface area contributed by atoms with Crippen molar-refractivity contribution in [2.75, 3.05) is 26.7 Å². The molecule has 2 N–H and O–H groups in total. The van der Waals surface area contributed by atoms with Crippen molar-refractivity contribution in [3.63, 3.8) is 0 Å². The fourth-order valence-electron chi connectivity index (χ4n) is 1.64. The van der Waals surface area contributed by atoms with E-state index in [9.17, 15) is 0 Å². The maximum Gasteiger partial charge on any atom is 0.191 e. The molecule has 94 valence electrons. The molecule has 1 fully saturated rings. The maximum absolute atomic E-state index is 5.67. The third-order valence-electron chi connectivity index (χ3n) is 2.57. The summed E-state index contributed by atoms with van der Waals surface area (Å²) < 4.78 is 5.67. The van der Waals surface area contributed by atoms with Gasteiger partial charge in [0, 0.05) is 26.7 Å². The standard InChI is InChI=1S/C11H21N3O.HI/c1-4-7-13-10(12-3)14-9-11(2)6-5-8-15-11;/h4H,1,5-9H2,2-3H3,(H2,12,13,14);1H. The first-order valence-corrected chi connectivity index (χ1v) is 5.39. The van der Waals surface area contributed by atoms with Crippen LogP contribution in [-0.2, 0) is 4.74 Å². The first-order chi connectivity index (χ1) is 7.20. The zero-order valence-electron chi connectivity index (χ0n) is 10.1. The van der Waals surface area contributed by atoms with E-state index in [2.05, 4.69) is 29.1 Å². The number of ether oxygens (including phenoxy) is 1. The smallest absolute Gasteiger partial charge is 0.191 e. The molecule has 0 aromatic rings. The molecule has 1 aliphatic rings. The zero-order valence-corrected chi connectivity index (χ0v) is 12.4. The normalized spacial score (nSPS) is 24.8. The fraction of sp³-hybridized carbons (Fsp3) is 0.727. The van der Waals surface area contributed by atoms with Gasteiger partial charge in [-0.15, -0.1) is 30.6 Å². The lowest BCUT2D eigenvalue weighted by atomic mass is 10.0. The van der Waals surface area contributed by atoms with Gasteiger partial charge in [-0.3, -0.25) is 4.99 Å². The van der Waals surface area contributed by atoms with E-state index in [0.29, 0.717) is 0 Å². The van der Waals surface area contributed by atoms with Gasteiger partial charge < -0.3 is 15.4 Å². The van der Waals surface area contributed by atoms with E-state index in [1.807, 2.05) is 0 Å². The van der Waals surface area contributed by atoms with Crippen molar-refractivity contribution in [1.82, 2.24) is 10.6 Å². The van der Waals surface area contributed by atoms with Crippen LogP contribution in [0.15, 0.2) is 17.6 Å². The van der Waals surface area contributed by atoms with Crippen LogP contribution in [0.25, 0.3) is 0 Å². The molecule has 1 heterocycles. The van der Waals surface area contributed by atoms with Gasteiger partial charge in [-0.1, -0.05) is 6.08 Å². The Morgan fingerprint density at radius 1 is 1.56 bits per heavy atom. The Bertz CT molecular complexity index is 237. The van der Waals surface area contributed by atoms with Crippen LogP contribution in [0.3, 0.4) is 0 Å². The van der Waals surface area contributed by atoms with Crippen LogP contribution < -0.4 is 10.6 Å². The van der Waals surface area contributed by atoms with E-state index >= 15 is 0 Å². The SMILES string of the molecule is C=CCNC(=NC)NCC1(C)CCCO1.I. The number of halogens is 1. The van der Waals surface area contributed by atoms with Crippen molar-refractivity contribution in [2.24, 2.45) is 4.99 Å². The van der Waals surface area contributed by atoms with Crippen molar-refractivity contribution < 1.29 is 4.74 Å². The largest absolute Gasteiger partial charge is 0.373 e. The van der Waals surface area contributed by atoms with Crippen LogP contribution in [0.1, 0.15) is 19.8 Å². The lowest BCUT2D eigenvalue weighted by Crippen LogP contribution is -2.45. The fourth-order valence-corrected chi connectivity index (χ4v) is 1.64. The van der Waals surface area contributed by atoms with Gasteiger partial charge in [0.1, 0.15) is 0 Å². The summed E-state index contributed by atoms with van der Waals surface area (Å²) in [5.41, 5.74) is -0.0359. The van der Waals surface area contributed by atoms with Crippen molar-refractivity contribution >= 4 is 29.9 Å². The Kier molecular flexibility index (Phi) is 7.74. The summed E-state index contributed by atoms with van der Waals surface area (Å²) in [4.78, 5) is 4.11. The highest BCUT2D eigenvalue weighted by Crippen LogP contribution is 2.23. The molecule has 1 aliphatic heterocycles. The number of aliphatic imine (C=N–C) groups is 1. The predicted octanol–water partition coefficient (Wildman–Crippen LogP) is 1.52. The first-order valence-electron chi connectivity index (χ1n) is 5.39. The van der Waals surface area contributed by atoms with Gasteiger partial charge in [0.05, 0.1) is 5.60 Å². The highest BCUT2D eigenvalue weighted by molar-refractivity contribution is 14.0. The summed E-state index contributed by atoms with van der Waals surface area (Å²) in [6.07, 6.45) is 4.07. The van der Waals surface area contributed by atoms with Crippen molar-refractivity contribution in [1.29, 1.82) is 0 Å². The third-order valence-corrected chi connectivity index (χ3v) is 2.57. The second kappa shape index (κ2) is 7.89. The van der Waals surface area contributed by atoms with Gasteiger partial charge in [0.15, 0.2) is 5.96 Å². The van der Waals surface area contributed by atoms with Crippen LogP contribution in [0.4, 0.5) is 0 Å². The summed E-state index contributed by atoms with van der Waals surface area (Å²) in [5, 5.41) is 6.38. The number of nitrogens with one attached hydrogen (secondary N) is 2. The predicted molar refractivity (Wildman–Crippen MR) is 78.6 cm³/mol. The topological polar surface area (TPSA) is 45.7 Å². The Labute approximate surface area is 115 Å². The Morgan fingerprint density at radius 2 is 2.31 bits per heavy atom. The number of nitrogens with zero attached hydrogens (tertiary/aromatic N) is 1. The molecule has 0 radical (unpaired) electrons. The van der Waals surface area contributed by atoms with Gasteiger partial charge in [0.25, 0.3) is 0 Å². The van der Waals surface area contributed by atoms with E-state index in [0.717, 1.165) is 38.5 Å². The minimum absolute atomic E-state index is 0. The molecule has 1 rings (SSSR count). The molecule has 1 unspecified atom stereocenters. The van der Waals surface area contributed by atoms with Crippen LogP contribution in [-0.4, -0.2) is 38.3 Å². The van der Waals surface area contributed by atoms with Crippen molar-refractivity contribution in [3.8, 4) is 0 Å². The van der Waals surface area contributed by atoms with E-state index in [1.165, 1.54) is 0 Å². The average molecular weight is 339 g/mol. The number of rotatable bonds is 4. The molecule has 1 saturated heterocycles. The second-order valence-corrected chi connectivity index (χ2v) is 4.00. The van der Waals surface area contributed by atoms with E-state index < -0.39 is 0 Å². The van der Waals surface area contributed by atoms with Crippen LogP contribution in [0.2, 0.25) is 0 Å². The molecule has 0 aromatic carbocycles. The number of hydrogen-bond donors (Lipinski definition) is 2. The molecule has 0 saturated carbocycles. The molecule has 0 aromatic heterocycles. The lowest BCUT2D eigenvalue weighted by molar-refractivity contribution is 0.0243. The molecule has 0 bridgehead atoms. The lowest BCUT2D eigenvalue weighted by Gasteiger charge is -2.24. The summed E-state index contributed by atoms with van der Waals surface area (Å²) in [6.45, 7) is 8.17.